The van der Waals surface area contributed by atoms with Crippen LogP contribution in [-0.4, -0.2) is 46.6 Å². The van der Waals surface area contributed by atoms with Crippen molar-refractivity contribution in [2.75, 3.05) is 25.0 Å². The number of likely N-dealkylation sites (tertiary alicyclic amines) is 1. The Balaban J connectivity index is 1.88. The molecule has 98 valence electrons. The molecule has 5 nitrogen and oxygen atoms in total. The summed E-state index contributed by atoms with van der Waals surface area (Å²) < 4.78 is 0. The Bertz CT molecular complexity index is 405. The summed E-state index contributed by atoms with van der Waals surface area (Å²) in [6, 6.07) is 3.86. The predicted molar refractivity (Wildman–Crippen MR) is 70.0 cm³/mol. The van der Waals surface area contributed by atoms with Gasteiger partial charge in [0.15, 0.2) is 0 Å². The molecule has 0 aromatic carbocycles. The molecule has 0 radical (unpaired) electrons. The van der Waals surface area contributed by atoms with E-state index in [0.29, 0.717) is 6.04 Å². The molecule has 0 saturated carbocycles. The van der Waals surface area contributed by atoms with Gasteiger partial charge in [-0.25, -0.2) is 9.78 Å². The van der Waals surface area contributed by atoms with Gasteiger partial charge in [-0.1, -0.05) is 6.92 Å². The highest BCUT2D eigenvalue weighted by atomic mass is 16.4. The standard InChI is InChI=1S/C13H19N3O2/c1-2-16-7-3-4-11(16)9-15-12-6-5-10(8-14-12)13(17)18/h5-6,8,11H,2-4,7,9H2,1H3,(H,14,15)(H,17,18). The number of carboxylic acids is 1. The number of carboxylic acid groups (broad SMARTS) is 1. The summed E-state index contributed by atoms with van der Waals surface area (Å²) >= 11 is 0. The molecule has 0 bridgehead atoms. The Labute approximate surface area is 107 Å². The third-order valence-electron chi connectivity index (χ3n) is 3.43. The van der Waals surface area contributed by atoms with Crippen molar-refractivity contribution in [2.24, 2.45) is 0 Å². The quantitative estimate of drug-likeness (QED) is 0.831. The molecular weight excluding hydrogens is 230 g/mol. The lowest BCUT2D eigenvalue weighted by molar-refractivity contribution is 0.0696. The maximum absolute atomic E-state index is 10.7. The highest BCUT2D eigenvalue weighted by Gasteiger charge is 2.22. The van der Waals surface area contributed by atoms with E-state index in [1.165, 1.54) is 25.6 Å². The van der Waals surface area contributed by atoms with E-state index in [1.807, 2.05) is 0 Å². The van der Waals surface area contributed by atoms with Gasteiger partial charge in [0.2, 0.25) is 0 Å². The smallest absolute Gasteiger partial charge is 0.337 e. The molecule has 18 heavy (non-hydrogen) atoms. The van der Waals surface area contributed by atoms with Crippen molar-refractivity contribution in [1.82, 2.24) is 9.88 Å². The number of nitrogens with one attached hydrogen (secondary N) is 1. The van der Waals surface area contributed by atoms with Crippen LogP contribution in [0.15, 0.2) is 18.3 Å². The second-order valence-electron chi connectivity index (χ2n) is 4.54. The van der Waals surface area contributed by atoms with Crippen molar-refractivity contribution in [3.63, 3.8) is 0 Å². The highest BCUT2D eigenvalue weighted by molar-refractivity contribution is 5.87. The molecule has 1 aliphatic heterocycles. The van der Waals surface area contributed by atoms with Crippen LogP contribution in [0.5, 0.6) is 0 Å². The Morgan fingerprint density at radius 3 is 3.06 bits per heavy atom. The van der Waals surface area contributed by atoms with Crippen LogP contribution in [0.2, 0.25) is 0 Å². The molecule has 2 rings (SSSR count). The molecule has 1 aliphatic rings. The van der Waals surface area contributed by atoms with Gasteiger partial charge in [0, 0.05) is 18.8 Å². The third-order valence-corrected chi connectivity index (χ3v) is 3.43. The molecular formula is C13H19N3O2. The number of hydrogen-bond donors (Lipinski definition) is 2. The Morgan fingerprint density at radius 1 is 1.61 bits per heavy atom. The van der Waals surface area contributed by atoms with Gasteiger partial charge in [-0.2, -0.15) is 0 Å². The van der Waals surface area contributed by atoms with Gasteiger partial charge in [0.1, 0.15) is 5.82 Å². The van der Waals surface area contributed by atoms with E-state index in [0.717, 1.165) is 18.9 Å². The Morgan fingerprint density at radius 2 is 2.44 bits per heavy atom. The van der Waals surface area contributed by atoms with Crippen LogP contribution in [0.4, 0.5) is 5.82 Å². The molecule has 0 amide bonds. The normalized spacial score (nSPS) is 19.9. The maximum atomic E-state index is 10.7. The summed E-state index contributed by atoms with van der Waals surface area (Å²) in [6.07, 6.45) is 3.86. The molecule has 1 atom stereocenters. The van der Waals surface area contributed by atoms with Crippen molar-refractivity contribution < 1.29 is 9.90 Å². The largest absolute Gasteiger partial charge is 0.478 e. The SMILES string of the molecule is CCN1CCCC1CNc1ccc(C(=O)O)cn1. The van der Waals surface area contributed by atoms with Gasteiger partial charge in [0.05, 0.1) is 5.56 Å². The van der Waals surface area contributed by atoms with Gasteiger partial charge < -0.3 is 10.4 Å². The average Bonchev–Trinajstić information content (AvgIpc) is 2.84. The summed E-state index contributed by atoms with van der Waals surface area (Å²) in [7, 11) is 0. The zero-order valence-corrected chi connectivity index (χ0v) is 10.6. The molecule has 1 aromatic heterocycles. The van der Waals surface area contributed by atoms with Crippen LogP contribution >= 0.6 is 0 Å². The summed E-state index contributed by atoms with van der Waals surface area (Å²) in [5.41, 5.74) is 0.219. The lowest BCUT2D eigenvalue weighted by Crippen LogP contribution is -2.34. The van der Waals surface area contributed by atoms with Crippen LogP contribution < -0.4 is 5.32 Å². The van der Waals surface area contributed by atoms with E-state index in [9.17, 15) is 4.79 Å². The molecule has 0 spiro atoms. The fourth-order valence-electron chi connectivity index (χ4n) is 2.39. The lowest BCUT2D eigenvalue weighted by atomic mass is 10.2. The molecule has 2 heterocycles. The molecule has 0 aliphatic carbocycles. The van der Waals surface area contributed by atoms with Crippen molar-refractivity contribution in [3.8, 4) is 0 Å². The number of rotatable bonds is 5. The molecule has 1 saturated heterocycles. The Hall–Kier alpha value is -1.62. The minimum absolute atomic E-state index is 0.219. The molecule has 1 fully saturated rings. The number of anilines is 1. The Kier molecular flexibility index (Phi) is 4.15. The first-order valence-electron chi connectivity index (χ1n) is 6.38. The first-order valence-corrected chi connectivity index (χ1v) is 6.38. The number of likely N-dealkylation sites (N-methyl/N-ethyl adjacent to an activating group) is 1. The monoisotopic (exact) mass is 249 g/mol. The van der Waals surface area contributed by atoms with Crippen molar-refractivity contribution in [2.45, 2.75) is 25.8 Å². The summed E-state index contributed by atoms with van der Waals surface area (Å²) in [6.45, 7) is 5.30. The third kappa shape index (κ3) is 2.98. The van der Waals surface area contributed by atoms with Crippen LogP contribution in [-0.2, 0) is 0 Å². The first-order chi connectivity index (χ1) is 8.70. The second kappa shape index (κ2) is 5.82. The van der Waals surface area contributed by atoms with Gasteiger partial charge in [-0.05, 0) is 38.1 Å². The van der Waals surface area contributed by atoms with Crippen molar-refractivity contribution in [1.29, 1.82) is 0 Å². The van der Waals surface area contributed by atoms with Gasteiger partial charge in [-0.3, -0.25) is 4.90 Å². The van der Waals surface area contributed by atoms with E-state index in [-0.39, 0.29) is 5.56 Å². The minimum atomic E-state index is -0.943. The van der Waals surface area contributed by atoms with Gasteiger partial charge in [0.25, 0.3) is 0 Å². The number of pyridine rings is 1. The summed E-state index contributed by atoms with van der Waals surface area (Å²) in [4.78, 5) is 17.3. The van der Waals surface area contributed by atoms with E-state index in [2.05, 4.69) is 22.1 Å². The highest BCUT2D eigenvalue weighted by Crippen LogP contribution is 2.17. The van der Waals surface area contributed by atoms with Crippen molar-refractivity contribution >= 4 is 11.8 Å². The zero-order valence-electron chi connectivity index (χ0n) is 10.6. The number of aromatic carboxylic acids is 1. The average molecular weight is 249 g/mol. The maximum Gasteiger partial charge on any atom is 0.337 e. The minimum Gasteiger partial charge on any atom is -0.478 e. The van der Waals surface area contributed by atoms with Gasteiger partial charge >= 0.3 is 5.97 Å². The summed E-state index contributed by atoms with van der Waals surface area (Å²) in [5.74, 6) is -0.204. The first kappa shape index (κ1) is 12.8. The van der Waals surface area contributed by atoms with Crippen LogP contribution in [0.1, 0.15) is 30.1 Å². The second-order valence-corrected chi connectivity index (χ2v) is 4.54. The van der Waals surface area contributed by atoms with E-state index in [1.54, 1.807) is 12.1 Å². The molecule has 1 aromatic rings. The van der Waals surface area contributed by atoms with E-state index < -0.39 is 5.97 Å². The molecule has 1 unspecified atom stereocenters. The fourth-order valence-corrected chi connectivity index (χ4v) is 2.39. The van der Waals surface area contributed by atoms with Crippen LogP contribution in [0.25, 0.3) is 0 Å². The van der Waals surface area contributed by atoms with Gasteiger partial charge in [-0.15, -0.1) is 0 Å². The summed E-state index contributed by atoms with van der Waals surface area (Å²) in [5, 5.41) is 12.0. The zero-order chi connectivity index (χ0) is 13.0. The van der Waals surface area contributed by atoms with Crippen LogP contribution in [0.3, 0.4) is 0 Å². The molecule has 2 N–H and O–H groups in total. The number of nitrogens with zero attached hydrogens (tertiary/aromatic N) is 2. The lowest BCUT2D eigenvalue weighted by Gasteiger charge is -2.23. The fraction of sp³-hybridized carbons (Fsp3) is 0.538. The van der Waals surface area contributed by atoms with Crippen molar-refractivity contribution in [3.05, 3.63) is 23.9 Å². The molecule has 5 heteroatoms. The van der Waals surface area contributed by atoms with Crippen LogP contribution in [0, 0.1) is 0 Å². The number of aromatic nitrogens is 1. The van der Waals surface area contributed by atoms with E-state index in [4.69, 9.17) is 5.11 Å². The number of carbonyl (C=O) groups is 1. The predicted octanol–water partition coefficient (Wildman–Crippen LogP) is 1.68. The van der Waals surface area contributed by atoms with E-state index >= 15 is 0 Å². The number of hydrogen-bond acceptors (Lipinski definition) is 4. The topological polar surface area (TPSA) is 65.5 Å².